The van der Waals surface area contributed by atoms with E-state index in [0.29, 0.717) is 6.54 Å². The predicted molar refractivity (Wildman–Crippen MR) is 64.6 cm³/mol. The van der Waals surface area contributed by atoms with Crippen molar-refractivity contribution >= 4 is 5.82 Å². The van der Waals surface area contributed by atoms with Crippen molar-refractivity contribution in [2.24, 2.45) is 0 Å². The predicted octanol–water partition coefficient (Wildman–Crippen LogP) is 3.72. The Labute approximate surface area is 108 Å². The zero-order valence-electron chi connectivity index (χ0n) is 10.3. The van der Waals surface area contributed by atoms with Crippen LogP contribution in [0.15, 0.2) is 24.8 Å². The Balaban J connectivity index is 2.42. The zero-order chi connectivity index (χ0) is 14.0. The summed E-state index contributed by atoms with van der Waals surface area (Å²) in [5.74, 6) is 0.171. The summed E-state index contributed by atoms with van der Waals surface area (Å²) in [6.45, 7) is 3.34. The molecule has 6 heteroatoms. The number of pyridine rings is 1. The van der Waals surface area contributed by atoms with Crippen LogP contribution in [-0.4, -0.2) is 17.6 Å². The van der Waals surface area contributed by atoms with Crippen LogP contribution in [-0.2, 0) is 12.9 Å². The van der Waals surface area contributed by atoms with Crippen molar-refractivity contribution in [3.8, 4) is 0 Å². The Morgan fingerprint density at radius 2 is 2.16 bits per heavy atom. The van der Waals surface area contributed by atoms with Gasteiger partial charge in [-0.05, 0) is 30.5 Å². The van der Waals surface area contributed by atoms with E-state index in [1.807, 2.05) is 0 Å². The van der Waals surface area contributed by atoms with Crippen LogP contribution in [0.1, 0.15) is 24.1 Å². The molecule has 0 radical (unpaired) electrons. The summed E-state index contributed by atoms with van der Waals surface area (Å²) < 4.78 is 50.9. The fourth-order valence-corrected chi connectivity index (χ4v) is 2.26. The Hall–Kier alpha value is -1.59. The number of halogens is 4. The lowest BCUT2D eigenvalue weighted by molar-refractivity contribution is -0.141. The van der Waals surface area contributed by atoms with E-state index >= 15 is 0 Å². The second-order valence-corrected chi connectivity index (χ2v) is 4.49. The Morgan fingerprint density at radius 1 is 1.42 bits per heavy atom. The van der Waals surface area contributed by atoms with Gasteiger partial charge in [0, 0.05) is 12.6 Å². The molecule has 0 amide bonds. The maximum atomic E-state index is 12.7. The Kier molecular flexibility index (Phi) is 3.78. The van der Waals surface area contributed by atoms with Crippen molar-refractivity contribution in [1.29, 1.82) is 0 Å². The van der Waals surface area contributed by atoms with Gasteiger partial charge in [0.15, 0.2) is 0 Å². The van der Waals surface area contributed by atoms with Crippen LogP contribution in [0.25, 0.3) is 0 Å². The van der Waals surface area contributed by atoms with Crippen molar-refractivity contribution in [2.45, 2.75) is 31.7 Å². The first-order valence-corrected chi connectivity index (χ1v) is 5.99. The van der Waals surface area contributed by atoms with Gasteiger partial charge < -0.3 is 4.90 Å². The number of rotatable bonds is 3. The molecule has 1 fully saturated rings. The lowest BCUT2D eigenvalue weighted by Crippen LogP contribution is -2.29. The van der Waals surface area contributed by atoms with Crippen molar-refractivity contribution < 1.29 is 17.6 Å². The van der Waals surface area contributed by atoms with Gasteiger partial charge in [-0.3, -0.25) is 0 Å². The summed E-state index contributed by atoms with van der Waals surface area (Å²) in [5.41, 5.74) is -1.06. The number of nitrogens with zero attached hydrogens (tertiary/aromatic N) is 2. The van der Waals surface area contributed by atoms with Crippen LogP contribution in [0, 0.1) is 0 Å². The summed E-state index contributed by atoms with van der Waals surface area (Å²) in [5, 5.41) is 0. The quantitative estimate of drug-likeness (QED) is 0.617. The molecular weight excluding hydrogens is 260 g/mol. The molecule has 19 heavy (non-hydrogen) atoms. The van der Waals surface area contributed by atoms with E-state index in [4.69, 9.17) is 0 Å². The van der Waals surface area contributed by atoms with Gasteiger partial charge in [-0.1, -0.05) is 6.08 Å². The highest BCUT2D eigenvalue weighted by Crippen LogP contribution is 2.32. The molecule has 104 valence electrons. The molecule has 1 aromatic heterocycles. The molecule has 1 aromatic rings. The van der Waals surface area contributed by atoms with Gasteiger partial charge in [0.1, 0.15) is 18.2 Å². The molecule has 1 atom stereocenters. The van der Waals surface area contributed by atoms with Gasteiger partial charge in [0.05, 0.1) is 0 Å². The summed E-state index contributed by atoms with van der Waals surface area (Å²) in [6, 6.07) is 2.09. The van der Waals surface area contributed by atoms with E-state index in [-0.39, 0.29) is 17.4 Å². The summed E-state index contributed by atoms with van der Waals surface area (Å²) >= 11 is 0. The van der Waals surface area contributed by atoms with Crippen LogP contribution in [0.5, 0.6) is 0 Å². The highest BCUT2D eigenvalue weighted by Gasteiger charge is 2.34. The highest BCUT2D eigenvalue weighted by atomic mass is 19.4. The smallest absolute Gasteiger partial charge is 0.350 e. The number of anilines is 1. The number of alkyl halides is 4. The molecule has 0 aromatic carbocycles. The standard InChI is InChI=1S/C13H14F4N2/c1-2-10-4-3-5-19(10)12-7-9(8-14)6-11(18-12)13(15,16)17/h2,6-7,10H,1,3-5,8H2. The molecule has 1 unspecified atom stereocenters. The van der Waals surface area contributed by atoms with Crippen molar-refractivity contribution in [2.75, 3.05) is 11.4 Å². The normalized spacial score (nSPS) is 19.8. The van der Waals surface area contributed by atoms with E-state index in [1.54, 1.807) is 11.0 Å². The molecule has 0 aliphatic carbocycles. The lowest BCUT2D eigenvalue weighted by atomic mass is 10.2. The third-order valence-electron chi connectivity index (χ3n) is 3.18. The van der Waals surface area contributed by atoms with Crippen LogP contribution >= 0.6 is 0 Å². The molecule has 0 saturated carbocycles. The minimum Gasteiger partial charge on any atom is -0.350 e. The van der Waals surface area contributed by atoms with Crippen LogP contribution in [0.2, 0.25) is 0 Å². The Morgan fingerprint density at radius 3 is 2.74 bits per heavy atom. The molecular formula is C13H14F4N2. The molecule has 2 nitrogen and oxygen atoms in total. The maximum Gasteiger partial charge on any atom is 0.433 e. The van der Waals surface area contributed by atoms with Gasteiger partial charge in [0.2, 0.25) is 0 Å². The monoisotopic (exact) mass is 274 g/mol. The summed E-state index contributed by atoms with van der Waals surface area (Å²) in [7, 11) is 0. The van der Waals surface area contributed by atoms with Gasteiger partial charge >= 0.3 is 6.18 Å². The number of hydrogen-bond acceptors (Lipinski definition) is 2. The van der Waals surface area contributed by atoms with Crippen LogP contribution in [0.4, 0.5) is 23.4 Å². The van der Waals surface area contributed by atoms with E-state index in [9.17, 15) is 17.6 Å². The van der Waals surface area contributed by atoms with Gasteiger partial charge in [-0.2, -0.15) is 13.2 Å². The fraction of sp³-hybridized carbons (Fsp3) is 0.462. The van der Waals surface area contributed by atoms with E-state index in [2.05, 4.69) is 11.6 Å². The van der Waals surface area contributed by atoms with E-state index < -0.39 is 18.5 Å². The average Bonchev–Trinajstić information content (AvgIpc) is 2.85. The van der Waals surface area contributed by atoms with E-state index in [1.165, 1.54) is 6.07 Å². The summed E-state index contributed by atoms with van der Waals surface area (Å²) in [6.07, 6.45) is -1.20. The second kappa shape index (κ2) is 5.19. The first kappa shape index (κ1) is 13.8. The van der Waals surface area contributed by atoms with Gasteiger partial charge in [-0.25, -0.2) is 9.37 Å². The highest BCUT2D eigenvalue weighted by molar-refractivity contribution is 5.46. The third-order valence-corrected chi connectivity index (χ3v) is 3.18. The van der Waals surface area contributed by atoms with Gasteiger partial charge in [-0.15, -0.1) is 6.58 Å². The molecule has 2 rings (SSSR count). The second-order valence-electron chi connectivity index (χ2n) is 4.49. The average molecular weight is 274 g/mol. The minimum absolute atomic E-state index is 0.00737. The molecule has 2 heterocycles. The van der Waals surface area contributed by atoms with Crippen molar-refractivity contribution in [3.63, 3.8) is 0 Å². The molecule has 0 bridgehead atoms. The number of aromatic nitrogens is 1. The molecule has 1 aliphatic rings. The summed E-state index contributed by atoms with van der Waals surface area (Å²) in [4.78, 5) is 5.36. The van der Waals surface area contributed by atoms with E-state index in [0.717, 1.165) is 18.9 Å². The first-order valence-electron chi connectivity index (χ1n) is 5.99. The van der Waals surface area contributed by atoms with Gasteiger partial charge in [0.25, 0.3) is 0 Å². The largest absolute Gasteiger partial charge is 0.433 e. The first-order chi connectivity index (χ1) is 8.95. The molecule has 1 saturated heterocycles. The minimum atomic E-state index is -4.57. The van der Waals surface area contributed by atoms with Crippen LogP contribution < -0.4 is 4.90 Å². The topological polar surface area (TPSA) is 16.1 Å². The van der Waals surface area contributed by atoms with Crippen molar-refractivity contribution in [1.82, 2.24) is 4.98 Å². The molecule has 0 N–H and O–H groups in total. The van der Waals surface area contributed by atoms with Crippen molar-refractivity contribution in [3.05, 3.63) is 36.0 Å². The maximum absolute atomic E-state index is 12.7. The third kappa shape index (κ3) is 2.88. The fourth-order valence-electron chi connectivity index (χ4n) is 2.26. The number of hydrogen-bond donors (Lipinski definition) is 0. The van der Waals surface area contributed by atoms with Crippen LogP contribution in [0.3, 0.4) is 0 Å². The SMILES string of the molecule is C=CC1CCCN1c1cc(CF)cc(C(F)(F)F)n1. The Bertz CT molecular complexity index is 470. The molecule has 0 spiro atoms. The molecule has 1 aliphatic heterocycles. The lowest BCUT2D eigenvalue weighted by Gasteiger charge is -2.24. The zero-order valence-corrected chi connectivity index (χ0v) is 10.3.